The van der Waals surface area contributed by atoms with E-state index in [0.29, 0.717) is 6.61 Å². The fraction of sp³-hybridized carbons (Fsp3) is 0.167. The summed E-state index contributed by atoms with van der Waals surface area (Å²) in [5, 5.41) is 0. The van der Waals surface area contributed by atoms with Gasteiger partial charge in [-0.1, -0.05) is 60.7 Å². The third-order valence-corrected chi connectivity index (χ3v) is 3.04. The molecule has 0 aliphatic carbocycles. The topological polar surface area (TPSA) is 26.3 Å². The summed E-state index contributed by atoms with van der Waals surface area (Å²) in [7, 11) is 0. The molecule has 2 aromatic rings. The van der Waals surface area contributed by atoms with Crippen LogP contribution in [0.15, 0.2) is 66.7 Å². The van der Waals surface area contributed by atoms with Crippen LogP contribution in [0.5, 0.6) is 0 Å². The Morgan fingerprint density at radius 1 is 1.00 bits per heavy atom. The zero-order valence-corrected chi connectivity index (χ0v) is 11.6. The minimum Gasteiger partial charge on any atom is -0.462 e. The van der Waals surface area contributed by atoms with Crippen molar-refractivity contribution in [3.05, 3.63) is 77.9 Å². The molecule has 0 heterocycles. The van der Waals surface area contributed by atoms with Crippen molar-refractivity contribution in [2.75, 3.05) is 6.61 Å². The summed E-state index contributed by atoms with van der Waals surface area (Å²) in [6, 6.07) is 19.8. The van der Waals surface area contributed by atoms with Crippen molar-refractivity contribution < 1.29 is 9.53 Å². The van der Waals surface area contributed by atoms with E-state index in [-0.39, 0.29) is 5.97 Å². The van der Waals surface area contributed by atoms with Crippen LogP contribution in [0.25, 0.3) is 5.57 Å². The van der Waals surface area contributed by atoms with E-state index in [2.05, 4.69) is 0 Å². The van der Waals surface area contributed by atoms with Crippen LogP contribution in [0.1, 0.15) is 18.1 Å². The largest absolute Gasteiger partial charge is 0.462 e. The van der Waals surface area contributed by atoms with Crippen LogP contribution in [-0.4, -0.2) is 12.6 Å². The lowest BCUT2D eigenvalue weighted by atomic mass is 10.1. The number of benzene rings is 2. The van der Waals surface area contributed by atoms with Crippen molar-refractivity contribution >= 4 is 11.5 Å². The molecule has 20 heavy (non-hydrogen) atoms. The maximum Gasteiger partial charge on any atom is 0.331 e. The molecule has 2 heteroatoms. The molecule has 2 rings (SSSR count). The quantitative estimate of drug-likeness (QED) is 0.606. The highest BCUT2D eigenvalue weighted by molar-refractivity contribution is 5.90. The van der Waals surface area contributed by atoms with Crippen LogP contribution in [0.3, 0.4) is 0 Å². The van der Waals surface area contributed by atoms with Gasteiger partial charge in [0.1, 0.15) is 0 Å². The van der Waals surface area contributed by atoms with Crippen molar-refractivity contribution in [3.8, 4) is 0 Å². The Bertz CT molecular complexity index is 571. The number of hydrogen-bond acceptors (Lipinski definition) is 2. The van der Waals surface area contributed by atoms with Crippen LogP contribution in [0, 0.1) is 0 Å². The summed E-state index contributed by atoms with van der Waals surface area (Å²) in [6.45, 7) is 2.31. The summed E-state index contributed by atoms with van der Waals surface area (Å²) < 4.78 is 5.22. The summed E-state index contributed by atoms with van der Waals surface area (Å²) in [5.74, 6) is -0.290. The van der Waals surface area contributed by atoms with Gasteiger partial charge >= 0.3 is 5.97 Å². The third-order valence-electron chi connectivity index (χ3n) is 3.04. The summed E-state index contributed by atoms with van der Waals surface area (Å²) in [6.07, 6.45) is 2.28. The number of allylic oxidation sites excluding steroid dienone is 1. The van der Waals surface area contributed by atoms with Gasteiger partial charge in [0.15, 0.2) is 0 Å². The molecule has 102 valence electrons. The van der Waals surface area contributed by atoms with Gasteiger partial charge in [-0.05, 0) is 23.6 Å². The highest BCUT2D eigenvalue weighted by Gasteiger charge is 2.01. The molecule has 0 N–H and O–H groups in total. The maximum absolute atomic E-state index is 11.7. The van der Waals surface area contributed by atoms with Crippen LogP contribution in [0.2, 0.25) is 0 Å². The average Bonchev–Trinajstić information content (AvgIpc) is 2.49. The molecule has 2 nitrogen and oxygen atoms in total. The number of ether oxygens (including phenoxy) is 1. The molecular formula is C18H18O2. The number of rotatable bonds is 5. The SMILES string of the molecule is CC(=CC(=O)OCCc1ccccc1)c1ccccc1. The fourth-order valence-corrected chi connectivity index (χ4v) is 1.92. The normalized spacial score (nSPS) is 11.2. The molecule has 0 saturated heterocycles. The molecule has 0 atom stereocenters. The fourth-order valence-electron chi connectivity index (χ4n) is 1.92. The van der Waals surface area contributed by atoms with Gasteiger partial charge in [-0.3, -0.25) is 0 Å². The van der Waals surface area contributed by atoms with E-state index in [4.69, 9.17) is 4.74 Å². The second kappa shape index (κ2) is 7.29. The first-order valence-corrected chi connectivity index (χ1v) is 6.70. The van der Waals surface area contributed by atoms with E-state index in [1.165, 1.54) is 5.56 Å². The first-order valence-electron chi connectivity index (χ1n) is 6.70. The molecule has 0 saturated carbocycles. The molecule has 0 fully saturated rings. The average molecular weight is 266 g/mol. The Balaban J connectivity index is 1.83. The minimum atomic E-state index is -0.290. The first-order chi connectivity index (χ1) is 9.75. The van der Waals surface area contributed by atoms with E-state index in [0.717, 1.165) is 17.6 Å². The third kappa shape index (κ3) is 4.39. The second-order valence-electron chi connectivity index (χ2n) is 4.60. The predicted molar refractivity (Wildman–Crippen MR) is 81.2 cm³/mol. The van der Waals surface area contributed by atoms with Gasteiger partial charge in [-0.25, -0.2) is 4.79 Å². The summed E-state index contributed by atoms with van der Waals surface area (Å²) in [4.78, 5) is 11.7. The maximum atomic E-state index is 11.7. The lowest BCUT2D eigenvalue weighted by molar-refractivity contribution is -0.137. The van der Waals surface area contributed by atoms with Crippen LogP contribution < -0.4 is 0 Å². The molecule has 0 spiro atoms. The lowest BCUT2D eigenvalue weighted by Crippen LogP contribution is -2.05. The highest BCUT2D eigenvalue weighted by Crippen LogP contribution is 2.12. The van der Waals surface area contributed by atoms with Crippen molar-refractivity contribution in [2.45, 2.75) is 13.3 Å². The number of carbonyl (C=O) groups excluding carboxylic acids is 1. The molecule has 0 radical (unpaired) electrons. The van der Waals surface area contributed by atoms with Gasteiger partial charge < -0.3 is 4.74 Å². The number of carbonyl (C=O) groups is 1. The molecule has 0 aliphatic rings. The van der Waals surface area contributed by atoms with Crippen molar-refractivity contribution in [1.29, 1.82) is 0 Å². The summed E-state index contributed by atoms with van der Waals surface area (Å²) in [5.41, 5.74) is 3.12. The van der Waals surface area contributed by atoms with Gasteiger partial charge in [0, 0.05) is 12.5 Å². The zero-order valence-electron chi connectivity index (χ0n) is 11.6. The molecular weight excluding hydrogens is 248 g/mol. The van der Waals surface area contributed by atoms with Crippen LogP contribution in [0.4, 0.5) is 0 Å². The van der Waals surface area contributed by atoms with Gasteiger partial charge in [-0.2, -0.15) is 0 Å². The Kier molecular flexibility index (Phi) is 5.13. The van der Waals surface area contributed by atoms with E-state index in [1.807, 2.05) is 67.6 Å². The molecule has 0 amide bonds. The van der Waals surface area contributed by atoms with E-state index in [9.17, 15) is 4.79 Å². The van der Waals surface area contributed by atoms with E-state index >= 15 is 0 Å². The van der Waals surface area contributed by atoms with Crippen molar-refractivity contribution in [3.63, 3.8) is 0 Å². The Morgan fingerprint density at radius 3 is 2.25 bits per heavy atom. The van der Waals surface area contributed by atoms with Crippen molar-refractivity contribution in [2.24, 2.45) is 0 Å². The van der Waals surface area contributed by atoms with Gasteiger partial charge in [-0.15, -0.1) is 0 Å². The number of esters is 1. The van der Waals surface area contributed by atoms with Gasteiger partial charge in [0.2, 0.25) is 0 Å². The zero-order chi connectivity index (χ0) is 14.2. The number of hydrogen-bond donors (Lipinski definition) is 0. The van der Waals surface area contributed by atoms with Crippen molar-refractivity contribution in [1.82, 2.24) is 0 Å². The Labute approximate surface area is 119 Å². The second-order valence-corrected chi connectivity index (χ2v) is 4.60. The standard InChI is InChI=1S/C18H18O2/c1-15(17-10-6-3-7-11-17)14-18(19)20-13-12-16-8-4-2-5-9-16/h2-11,14H,12-13H2,1H3. The summed E-state index contributed by atoms with van der Waals surface area (Å²) >= 11 is 0. The molecule has 0 aliphatic heterocycles. The van der Waals surface area contributed by atoms with E-state index in [1.54, 1.807) is 6.08 Å². The predicted octanol–water partition coefficient (Wildman–Crippen LogP) is 3.88. The first kappa shape index (κ1) is 14.1. The molecule has 0 unspecified atom stereocenters. The van der Waals surface area contributed by atoms with Crippen LogP contribution in [-0.2, 0) is 16.0 Å². The van der Waals surface area contributed by atoms with E-state index < -0.39 is 0 Å². The monoisotopic (exact) mass is 266 g/mol. The highest BCUT2D eigenvalue weighted by atomic mass is 16.5. The van der Waals surface area contributed by atoms with Gasteiger partial charge in [0.25, 0.3) is 0 Å². The smallest absolute Gasteiger partial charge is 0.331 e. The molecule has 0 bridgehead atoms. The minimum absolute atomic E-state index is 0.290. The lowest BCUT2D eigenvalue weighted by Gasteiger charge is -2.04. The molecule has 2 aromatic carbocycles. The van der Waals surface area contributed by atoms with Crippen LogP contribution >= 0.6 is 0 Å². The van der Waals surface area contributed by atoms with Gasteiger partial charge in [0.05, 0.1) is 6.61 Å². The Morgan fingerprint density at radius 2 is 1.60 bits per heavy atom. The molecule has 0 aromatic heterocycles. The Hall–Kier alpha value is -2.35.